The molecule has 0 fully saturated rings. The lowest BCUT2D eigenvalue weighted by molar-refractivity contribution is 0.181. The van der Waals surface area contributed by atoms with Crippen molar-refractivity contribution in [3.8, 4) is 16.9 Å². The number of ether oxygens (including phenoxy) is 1. The Morgan fingerprint density at radius 1 is 1.11 bits per heavy atom. The minimum Gasteiger partial charge on any atom is -0.378 e. The third-order valence-electron chi connectivity index (χ3n) is 5.77. The van der Waals surface area contributed by atoms with Gasteiger partial charge in [0.2, 0.25) is 0 Å². The van der Waals surface area contributed by atoms with Gasteiger partial charge in [0.1, 0.15) is 11.5 Å². The highest BCUT2D eigenvalue weighted by Gasteiger charge is 2.21. The van der Waals surface area contributed by atoms with Crippen molar-refractivity contribution in [2.45, 2.75) is 13.5 Å². The number of hydrogen-bond donors (Lipinski definition) is 2. The number of carbonyl (C=O) groups excluding carboxylic acids is 1. The molecule has 0 saturated carbocycles. The second-order valence-electron chi connectivity index (χ2n) is 8.30. The summed E-state index contributed by atoms with van der Waals surface area (Å²) in [7, 11) is 3.45. The quantitative estimate of drug-likeness (QED) is 0.317. The van der Waals surface area contributed by atoms with E-state index in [1.165, 1.54) is 0 Å². The van der Waals surface area contributed by atoms with Crippen LogP contribution >= 0.6 is 11.6 Å². The molecule has 0 bridgehead atoms. The number of methoxy groups -OCH3 is 1. The largest absolute Gasteiger partial charge is 0.378 e. The lowest BCUT2D eigenvalue weighted by atomic mass is 10.1. The van der Waals surface area contributed by atoms with Gasteiger partial charge in [0.15, 0.2) is 0 Å². The van der Waals surface area contributed by atoms with E-state index in [0.29, 0.717) is 23.1 Å². The Balaban J connectivity index is 1.52. The van der Waals surface area contributed by atoms with Crippen molar-refractivity contribution in [3.63, 3.8) is 0 Å². The first kappa shape index (κ1) is 23.5. The zero-order valence-electron chi connectivity index (χ0n) is 20.0. The molecule has 0 saturated heterocycles. The van der Waals surface area contributed by atoms with Crippen molar-refractivity contribution in [1.29, 1.82) is 0 Å². The Morgan fingerprint density at radius 3 is 2.64 bits per heavy atom. The van der Waals surface area contributed by atoms with E-state index in [4.69, 9.17) is 21.4 Å². The van der Waals surface area contributed by atoms with Gasteiger partial charge in [-0.05, 0) is 31.2 Å². The topological polar surface area (TPSA) is 98.9 Å². The van der Waals surface area contributed by atoms with Gasteiger partial charge in [-0.1, -0.05) is 35.9 Å². The molecule has 182 valence electrons. The van der Waals surface area contributed by atoms with Gasteiger partial charge in [0.05, 0.1) is 34.9 Å². The van der Waals surface area contributed by atoms with Crippen molar-refractivity contribution in [3.05, 3.63) is 83.4 Å². The number of halogens is 1. The molecule has 0 aliphatic carbocycles. The Labute approximate surface area is 212 Å². The van der Waals surface area contributed by atoms with Crippen LogP contribution in [0.1, 0.15) is 11.3 Å². The average Bonchev–Trinajstić information content (AvgIpc) is 3.45. The van der Waals surface area contributed by atoms with E-state index in [9.17, 15) is 4.79 Å². The Bertz CT molecular complexity index is 1560. The smallest absolute Gasteiger partial charge is 0.324 e. The number of nitrogens with zero attached hydrogens (tertiary/aromatic N) is 5. The van der Waals surface area contributed by atoms with E-state index in [0.717, 1.165) is 39.0 Å². The molecular formula is C26H24ClN7O2. The van der Waals surface area contributed by atoms with Crippen LogP contribution in [0, 0.1) is 6.92 Å². The maximum absolute atomic E-state index is 13.3. The minimum atomic E-state index is -0.451. The Kier molecular flexibility index (Phi) is 6.41. The number of nitrogens with one attached hydrogen (secondary N) is 2. The number of amides is 2. The van der Waals surface area contributed by atoms with Crippen LogP contribution in [-0.4, -0.2) is 37.7 Å². The molecule has 36 heavy (non-hydrogen) atoms. The minimum absolute atomic E-state index is 0.348. The van der Waals surface area contributed by atoms with Gasteiger partial charge in [0, 0.05) is 48.5 Å². The van der Waals surface area contributed by atoms with Crippen molar-refractivity contribution >= 4 is 39.9 Å². The van der Waals surface area contributed by atoms with Gasteiger partial charge >= 0.3 is 6.03 Å². The van der Waals surface area contributed by atoms with Crippen LogP contribution in [0.4, 0.5) is 16.3 Å². The summed E-state index contributed by atoms with van der Waals surface area (Å²) in [6.45, 7) is 2.26. The second kappa shape index (κ2) is 9.80. The Hall–Kier alpha value is -4.21. The number of hydrogen-bond acceptors (Lipinski definition) is 5. The summed E-state index contributed by atoms with van der Waals surface area (Å²) < 4.78 is 8.63. The number of para-hydroxylation sites is 1. The normalized spacial score (nSPS) is 11.1. The molecule has 3 aromatic heterocycles. The maximum Gasteiger partial charge on any atom is 0.324 e. The predicted molar refractivity (Wildman–Crippen MR) is 141 cm³/mol. The first-order chi connectivity index (χ1) is 17.4. The highest BCUT2D eigenvalue weighted by atomic mass is 35.5. The standard InChI is InChI=1S/C26H24ClN7O2/c1-16-23(18-13-29-33(2)14-18)32-34(20-7-5-4-6-8-20)25(16)31-26(35)30-24-21-11-19(15-36-3)28-12-17(21)9-10-22(24)27/h4-14H,15H2,1-3H3,(H2,30,31,35). The predicted octanol–water partition coefficient (Wildman–Crippen LogP) is 5.57. The number of anilines is 2. The number of aryl methyl sites for hydroxylation is 1. The number of rotatable bonds is 6. The van der Waals surface area contributed by atoms with E-state index < -0.39 is 6.03 Å². The van der Waals surface area contributed by atoms with Gasteiger partial charge in [-0.2, -0.15) is 10.2 Å². The van der Waals surface area contributed by atoms with Gasteiger partial charge in [0.25, 0.3) is 0 Å². The summed E-state index contributed by atoms with van der Waals surface area (Å²) in [5.74, 6) is 0.538. The van der Waals surface area contributed by atoms with Crippen molar-refractivity contribution in [1.82, 2.24) is 24.5 Å². The molecule has 5 rings (SSSR count). The van der Waals surface area contributed by atoms with Crippen LogP contribution in [0.5, 0.6) is 0 Å². The summed E-state index contributed by atoms with van der Waals surface area (Å²) in [5.41, 5.74) is 4.41. The zero-order valence-corrected chi connectivity index (χ0v) is 20.7. The van der Waals surface area contributed by atoms with E-state index in [1.54, 1.807) is 34.9 Å². The van der Waals surface area contributed by atoms with Crippen LogP contribution in [0.15, 0.2) is 67.1 Å². The molecular weight excluding hydrogens is 478 g/mol. The molecule has 0 unspecified atom stereocenters. The van der Waals surface area contributed by atoms with Crippen LogP contribution < -0.4 is 10.6 Å². The molecule has 2 aromatic carbocycles. The molecule has 10 heteroatoms. The highest BCUT2D eigenvalue weighted by molar-refractivity contribution is 6.35. The van der Waals surface area contributed by atoms with Gasteiger partial charge in [-0.3, -0.25) is 15.0 Å². The van der Waals surface area contributed by atoms with Crippen molar-refractivity contribution in [2.75, 3.05) is 17.7 Å². The lowest BCUT2D eigenvalue weighted by Crippen LogP contribution is -2.22. The number of carbonyl (C=O) groups is 1. The van der Waals surface area contributed by atoms with Crippen molar-refractivity contribution in [2.24, 2.45) is 7.05 Å². The van der Waals surface area contributed by atoms with Crippen LogP contribution in [0.25, 0.3) is 27.7 Å². The van der Waals surface area contributed by atoms with Gasteiger partial charge < -0.3 is 10.1 Å². The van der Waals surface area contributed by atoms with E-state index in [1.807, 2.05) is 62.6 Å². The fourth-order valence-electron chi connectivity index (χ4n) is 4.06. The molecule has 3 heterocycles. The highest BCUT2D eigenvalue weighted by Crippen LogP contribution is 2.33. The molecule has 2 amide bonds. The number of urea groups is 1. The first-order valence-electron chi connectivity index (χ1n) is 11.2. The summed E-state index contributed by atoms with van der Waals surface area (Å²) in [4.78, 5) is 17.7. The molecule has 0 aliphatic heterocycles. The molecule has 5 aromatic rings. The van der Waals surface area contributed by atoms with Crippen LogP contribution in [0.2, 0.25) is 5.02 Å². The summed E-state index contributed by atoms with van der Waals surface area (Å²) in [5, 5.41) is 17.0. The zero-order chi connectivity index (χ0) is 25.2. The second-order valence-corrected chi connectivity index (χ2v) is 8.71. The fraction of sp³-hybridized carbons (Fsp3) is 0.154. The van der Waals surface area contributed by atoms with E-state index in [2.05, 4.69) is 20.7 Å². The molecule has 9 nitrogen and oxygen atoms in total. The van der Waals surface area contributed by atoms with E-state index >= 15 is 0 Å². The third-order valence-corrected chi connectivity index (χ3v) is 6.09. The molecule has 0 spiro atoms. The maximum atomic E-state index is 13.3. The first-order valence-corrected chi connectivity index (χ1v) is 11.6. The number of aromatic nitrogens is 5. The monoisotopic (exact) mass is 501 g/mol. The lowest BCUT2D eigenvalue weighted by Gasteiger charge is -2.14. The van der Waals surface area contributed by atoms with Crippen molar-refractivity contribution < 1.29 is 9.53 Å². The molecule has 0 atom stereocenters. The number of pyridine rings is 1. The molecule has 0 aliphatic rings. The molecule has 2 N–H and O–H groups in total. The van der Waals surface area contributed by atoms with E-state index in [-0.39, 0.29) is 0 Å². The summed E-state index contributed by atoms with van der Waals surface area (Å²) >= 11 is 6.50. The third kappa shape index (κ3) is 4.53. The van der Waals surface area contributed by atoms with Crippen LogP contribution in [-0.2, 0) is 18.4 Å². The van der Waals surface area contributed by atoms with Gasteiger partial charge in [-0.25, -0.2) is 9.48 Å². The van der Waals surface area contributed by atoms with Crippen LogP contribution in [0.3, 0.4) is 0 Å². The SMILES string of the molecule is COCc1cc2c(NC(=O)Nc3c(C)c(-c4cnn(C)c4)nn3-c3ccccc3)c(Cl)ccc2cn1. The summed E-state index contributed by atoms with van der Waals surface area (Å²) in [6.07, 6.45) is 5.37. The average molecular weight is 502 g/mol. The summed E-state index contributed by atoms with van der Waals surface area (Å²) in [6, 6.07) is 14.6. The van der Waals surface area contributed by atoms with Gasteiger partial charge in [-0.15, -0.1) is 0 Å². The fourth-order valence-corrected chi connectivity index (χ4v) is 4.27. The Morgan fingerprint density at radius 2 is 1.92 bits per heavy atom. The number of fused-ring (bicyclic) bond motifs is 1. The molecule has 0 radical (unpaired) electrons. The number of benzene rings is 2.